The molecule has 0 saturated carbocycles. The Labute approximate surface area is 156 Å². The van der Waals surface area contributed by atoms with Crippen molar-refractivity contribution in [3.05, 3.63) is 34.9 Å². The van der Waals surface area contributed by atoms with Crippen LogP contribution in [0.2, 0.25) is 5.02 Å². The quantitative estimate of drug-likeness (QED) is 0.272. The Morgan fingerprint density at radius 1 is 1.30 bits per heavy atom. The van der Waals surface area contributed by atoms with E-state index in [0.29, 0.717) is 30.6 Å². The summed E-state index contributed by atoms with van der Waals surface area (Å²) in [6, 6.07) is 7.15. The van der Waals surface area contributed by atoms with Crippen LogP contribution in [0, 0.1) is 0 Å². The molecule has 23 heavy (non-hydrogen) atoms. The lowest BCUT2D eigenvalue weighted by atomic mass is 10.2. The Hall–Kier alpha value is -1.55. The minimum atomic E-state index is -0.351. The first-order valence-electron chi connectivity index (χ1n) is 6.87. The zero-order valence-electron chi connectivity index (χ0n) is 12.6. The zero-order valence-corrected chi connectivity index (χ0v) is 15.7. The summed E-state index contributed by atoms with van der Waals surface area (Å²) in [5, 5.41) is 9.37. The van der Waals surface area contributed by atoms with Gasteiger partial charge in [0.1, 0.15) is 0 Å². The lowest BCUT2D eigenvalue weighted by molar-refractivity contribution is -0.124. The number of nitrogens with zero attached hydrogens (tertiary/aromatic N) is 2. The molecule has 0 spiro atoms. The van der Waals surface area contributed by atoms with Crippen LogP contribution in [0.1, 0.15) is 5.56 Å². The number of rotatable bonds is 5. The van der Waals surface area contributed by atoms with Crippen molar-refractivity contribution in [3.8, 4) is 0 Å². The zero-order chi connectivity index (χ0) is 15.9. The topological polar surface area (TPSA) is 85.8 Å². The highest BCUT2D eigenvalue weighted by molar-refractivity contribution is 14.0. The van der Waals surface area contributed by atoms with Crippen molar-refractivity contribution in [1.29, 1.82) is 0 Å². The van der Waals surface area contributed by atoms with E-state index >= 15 is 0 Å². The van der Waals surface area contributed by atoms with E-state index in [0.717, 1.165) is 5.56 Å². The van der Waals surface area contributed by atoms with Gasteiger partial charge in [-0.1, -0.05) is 23.7 Å². The molecule has 1 aliphatic rings. The molecule has 1 aromatic rings. The second kappa shape index (κ2) is 9.56. The summed E-state index contributed by atoms with van der Waals surface area (Å²) in [5.41, 5.74) is 1.07. The summed E-state index contributed by atoms with van der Waals surface area (Å²) in [6.07, 6.45) is 0. The van der Waals surface area contributed by atoms with Crippen LogP contribution in [0.25, 0.3) is 0 Å². The van der Waals surface area contributed by atoms with Gasteiger partial charge in [-0.2, -0.15) is 0 Å². The average Bonchev–Trinajstić information content (AvgIpc) is 2.84. The molecular formula is C14H19ClIN5O2. The van der Waals surface area contributed by atoms with Crippen LogP contribution < -0.4 is 16.0 Å². The molecule has 1 aliphatic heterocycles. The number of benzene rings is 1. The smallest absolute Gasteiger partial charge is 0.324 e. The number of urea groups is 1. The van der Waals surface area contributed by atoms with Crippen LogP contribution in [0.5, 0.6) is 0 Å². The fourth-order valence-electron chi connectivity index (χ4n) is 1.98. The van der Waals surface area contributed by atoms with Crippen LogP contribution in [-0.2, 0) is 11.3 Å². The molecule has 1 saturated heterocycles. The summed E-state index contributed by atoms with van der Waals surface area (Å²) in [6.45, 7) is 1.40. The highest BCUT2D eigenvalue weighted by Crippen LogP contribution is 2.08. The van der Waals surface area contributed by atoms with Crippen molar-refractivity contribution in [1.82, 2.24) is 20.9 Å². The highest BCUT2D eigenvalue weighted by atomic mass is 127. The van der Waals surface area contributed by atoms with Crippen molar-refractivity contribution in [2.75, 3.05) is 26.7 Å². The average molecular weight is 452 g/mol. The minimum Gasteiger partial charge on any atom is -0.355 e. The molecule has 0 unspecified atom stereocenters. The number of guanidine groups is 1. The Morgan fingerprint density at radius 3 is 2.57 bits per heavy atom. The predicted molar refractivity (Wildman–Crippen MR) is 100 cm³/mol. The molecule has 0 radical (unpaired) electrons. The Balaban J connectivity index is 0.00000264. The van der Waals surface area contributed by atoms with Gasteiger partial charge in [0, 0.05) is 31.7 Å². The molecule has 126 valence electrons. The molecule has 0 aromatic heterocycles. The first-order chi connectivity index (χ1) is 10.6. The van der Waals surface area contributed by atoms with E-state index in [1.807, 2.05) is 24.3 Å². The molecule has 1 heterocycles. The van der Waals surface area contributed by atoms with Gasteiger partial charge in [0.05, 0.1) is 6.54 Å². The molecule has 2 rings (SSSR count). The number of carbonyl (C=O) groups excluding carboxylic acids is 2. The van der Waals surface area contributed by atoms with E-state index in [2.05, 4.69) is 20.9 Å². The molecule has 9 heteroatoms. The molecule has 3 amide bonds. The van der Waals surface area contributed by atoms with Crippen LogP contribution in [0.15, 0.2) is 29.3 Å². The Bertz CT molecular complexity index is 563. The molecule has 0 bridgehead atoms. The Kier molecular flexibility index (Phi) is 8.10. The number of aliphatic imine (C=N–C) groups is 1. The Morgan fingerprint density at radius 2 is 2.00 bits per heavy atom. The molecule has 0 atom stereocenters. The van der Waals surface area contributed by atoms with Crippen molar-refractivity contribution >= 4 is 53.5 Å². The lowest BCUT2D eigenvalue weighted by Gasteiger charge is -2.15. The first-order valence-corrected chi connectivity index (χ1v) is 7.25. The minimum absolute atomic E-state index is 0. The number of hydrogen-bond acceptors (Lipinski definition) is 3. The third kappa shape index (κ3) is 5.87. The highest BCUT2D eigenvalue weighted by Gasteiger charge is 2.27. The molecule has 3 N–H and O–H groups in total. The van der Waals surface area contributed by atoms with Crippen LogP contribution in [0.3, 0.4) is 0 Å². The van der Waals surface area contributed by atoms with E-state index in [1.165, 1.54) is 4.90 Å². The van der Waals surface area contributed by atoms with Crippen molar-refractivity contribution in [3.63, 3.8) is 0 Å². The van der Waals surface area contributed by atoms with Crippen molar-refractivity contribution < 1.29 is 9.59 Å². The largest absolute Gasteiger partial charge is 0.355 e. The number of halogens is 2. The molecule has 1 aromatic carbocycles. The van der Waals surface area contributed by atoms with Crippen LogP contribution in [-0.4, -0.2) is 49.5 Å². The van der Waals surface area contributed by atoms with E-state index in [-0.39, 0.29) is 42.5 Å². The van der Waals surface area contributed by atoms with Crippen molar-refractivity contribution in [2.24, 2.45) is 4.99 Å². The van der Waals surface area contributed by atoms with E-state index in [9.17, 15) is 9.59 Å². The fraction of sp³-hybridized carbons (Fsp3) is 0.357. The summed E-state index contributed by atoms with van der Waals surface area (Å²) in [4.78, 5) is 28.1. The van der Waals surface area contributed by atoms with E-state index < -0.39 is 0 Å². The lowest BCUT2D eigenvalue weighted by Crippen LogP contribution is -2.43. The third-order valence-corrected chi connectivity index (χ3v) is 3.41. The summed E-state index contributed by atoms with van der Waals surface area (Å²) in [7, 11) is 1.66. The second-order valence-corrected chi connectivity index (χ2v) is 5.12. The van der Waals surface area contributed by atoms with Crippen molar-refractivity contribution in [2.45, 2.75) is 6.54 Å². The van der Waals surface area contributed by atoms with E-state index in [4.69, 9.17) is 11.6 Å². The standard InChI is InChI=1S/C14H18ClN5O2.HI/c1-16-13(18-8-10-2-4-11(15)5-3-10)17-6-7-20-12(21)9-19-14(20)22;/h2-5H,6-9H2,1H3,(H,19,22)(H2,16,17,18);1H. The summed E-state index contributed by atoms with van der Waals surface area (Å²) in [5.74, 6) is 0.387. The normalized spacial score (nSPS) is 14.3. The number of carbonyl (C=O) groups is 2. The predicted octanol–water partition coefficient (Wildman–Crippen LogP) is 1.17. The summed E-state index contributed by atoms with van der Waals surface area (Å²) >= 11 is 5.83. The molecule has 1 fully saturated rings. The monoisotopic (exact) mass is 451 g/mol. The van der Waals surface area contributed by atoms with Gasteiger partial charge in [0.2, 0.25) is 5.91 Å². The van der Waals surface area contributed by atoms with Gasteiger partial charge in [0.25, 0.3) is 0 Å². The summed E-state index contributed by atoms with van der Waals surface area (Å²) < 4.78 is 0. The molecular weight excluding hydrogens is 433 g/mol. The van der Waals surface area contributed by atoms with Crippen LogP contribution in [0.4, 0.5) is 4.79 Å². The van der Waals surface area contributed by atoms with Crippen LogP contribution >= 0.6 is 35.6 Å². The maximum absolute atomic E-state index is 11.4. The number of hydrogen-bond donors (Lipinski definition) is 3. The first kappa shape index (κ1) is 19.5. The third-order valence-electron chi connectivity index (χ3n) is 3.16. The van der Waals surface area contributed by atoms with Gasteiger partial charge >= 0.3 is 6.03 Å². The van der Waals surface area contributed by atoms with E-state index in [1.54, 1.807) is 7.05 Å². The van der Waals surface area contributed by atoms with Gasteiger partial charge in [0.15, 0.2) is 5.96 Å². The maximum atomic E-state index is 11.4. The number of amides is 3. The van der Waals surface area contributed by atoms with Gasteiger partial charge in [-0.3, -0.25) is 14.7 Å². The SMILES string of the molecule is CN=C(NCCN1C(=O)CNC1=O)NCc1ccc(Cl)cc1.I. The van der Waals surface area contributed by atoms with Gasteiger partial charge in [-0.05, 0) is 17.7 Å². The maximum Gasteiger partial charge on any atom is 0.324 e. The van der Waals surface area contributed by atoms with Gasteiger partial charge in [-0.25, -0.2) is 4.79 Å². The molecule has 0 aliphatic carbocycles. The molecule has 7 nitrogen and oxygen atoms in total. The van der Waals surface area contributed by atoms with Gasteiger partial charge in [-0.15, -0.1) is 24.0 Å². The number of nitrogens with one attached hydrogen (secondary N) is 3. The second-order valence-electron chi connectivity index (χ2n) is 4.68. The number of imide groups is 1. The fourth-order valence-corrected chi connectivity index (χ4v) is 2.10. The van der Waals surface area contributed by atoms with Gasteiger partial charge < -0.3 is 16.0 Å².